The number of rotatable bonds is 6. The first-order chi connectivity index (χ1) is 12.8. The molecule has 0 saturated carbocycles. The Morgan fingerprint density at radius 3 is 2.67 bits per heavy atom. The van der Waals surface area contributed by atoms with Gasteiger partial charge in [0.1, 0.15) is 5.75 Å². The fourth-order valence-electron chi connectivity index (χ4n) is 3.21. The number of carbonyl (C=O) groups is 1. The van der Waals surface area contributed by atoms with Crippen LogP contribution < -0.4 is 4.74 Å². The number of amides is 1. The Labute approximate surface area is 168 Å². The quantitative estimate of drug-likeness (QED) is 0.675. The molecule has 1 aliphatic heterocycles. The van der Waals surface area contributed by atoms with E-state index >= 15 is 0 Å². The molecule has 1 amide bonds. The van der Waals surface area contributed by atoms with Gasteiger partial charge < -0.3 is 9.64 Å². The van der Waals surface area contributed by atoms with Crippen LogP contribution in [0.4, 0.5) is 0 Å². The minimum atomic E-state index is -3.09. The summed E-state index contributed by atoms with van der Waals surface area (Å²) in [5.74, 6) is 0.586. The van der Waals surface area contributed by atoms with Crippen LogP contribution in [0.15, 0.2) is 53.0 Å². The zero-order chi connectivity index (χ0) is 19.4. The van der Waals surface area contributed by atoms with E-state index in [0.29, 0.717) is 18.7 Å². The van der Waals surface area contributed by atoms with Gasteiger partial charge >= 0.3 is 0 Å². The molecule has 1 saturated heterocycles. The molecule has 1 fully saturated rings. The SMILES string of the molecule is Cc1ccccc1OCC(=O)N(Cc1cccc(Br)c1)[C@@H]1CCS(=O)(=O)C1. The van der Waals surface area contributed by atoms with Crippen molar-refractivity contribution < 1.29 is 17.9 Å². The number of hydrogen-bond donors (Lipinski definition) is 0. The van der Waals surface area contributed by atoms with E-state index in [9.17, 15) is 13.2 Å². The van der Waals surface area contributed by atoms with E-state index in [-0.39, 0.29) is 30.1 Å². The molecule has 0 spiro atoms. The van der Waals surface area contributed by atoms with Gasteiger partial charge in [-0.2, -0.15) is 0 Å². The first kappa shape index (κ1) is 19.9. The van der Waals surface area contributed by atoms with E-state index in [2.05, 4.69) is 15.9 Å². The highest BCUT2D eigenvalue weighted by atomic mass is 79.9. The number of nitrogens with zero attached hydrogens (tertiary/aromatic N) is 1. The van der Waals surface area contributed by atoms with Crippen molar-refractivity contribution >= 4 is 31.7 Å². The predicted molar refractivity (Wildman–Crippen MR) is 108 cm³/mol. The topological polar surface area (TPSA) is 63.7 Å². The van der Waals surface area contributed by atoms with Gasteiger partial charge in [0.25, 0.3) is 5.91 Å². The number of para-hydroxylation sites is 1. The van der Waals surface area contributed by atoms with Gasteiger partial charge in [0.2, 0.25) is 0 Å². The van der Waals surface area contributed by atoms with E-state index in [0.717, 1.165) is 15.6 Å². The van der Waals surface area contributed by atoms with Crippen molar-refractivity contribution in [2.45, 2.75) is 25.9 Å². The third-order valence-electron chi connectivity index (χ3n) is 4.66. The Hall–Kier alpha value is -1.86. The lowest BCUT2D eigenvalue weighted by molar-refractivity contribution is -0.136. The van der Waals surface area contributed by atoms with Crippen LogP contribution in [-0.4, -0.2) is 43.4 Å². The third-order valence-corrected chi connectivity index (χ3v) is 6.90. The summed E-state index contributed by atoms with van der Waals surface area (Å²) in [5, 5.41) is 0. The molecule has 3 rings (SSSR count). The number of benzene rings is 2. The summed E-state index contributed by atoms with van der Waals surface area (Å²) in [4.78, 5) is 14.6. The molecule has 0 unspecified atom stereocenters. The molecule has 144 valence electrons. The van der Waals surface area contributed by atoms with Crippen molar-refractivity contribution in [3.05, 3.63) is 64.1 Å². The predicted octanol–water partition coefficient (Wildman–Crippen LogP) is 3.35. The van der Waals surface area contributed by atoms with Crippen LogP contribution in [0.1, 0.15) is 17.5 Å². The Balaban J connectivity index is 1.76. The number of halogens is 1. The highest BCUT2D eigenvalue weighted by Crippen LogP contribution is 2.22. The lowest BCUT2D eigenvalue weighted by atomic mass is 10.1. The van der Waals surface area contributed by atoms with Gasteiger partial charge in [0.05, 0.1) is 11.5 Å². The van der Waals surface area contributed by atoms with Crippen molar-refractivity contribution in [2.75, 3.05) is 18.1 Å². The maximum absolute atomic E-state index is 12.9. The average Bonchev–Trinajstić information content (AvgIpc) is 2.98. The van der Waals surface area contributed by atoms with Crippen LogP contribution >= 0.6 is 15.9 Å². The maximum atomic E-state index is 12.9. The number of ether oxygens (including phenoxy) is 1. The van der Waals surface area contributed by atoms with Gasteiger partial charge in [0, 0.05) is 17.1 Å². The molecule has 0 aromatic heterocycles. The summed E-state index contributed by atoms with van der Waals surface area (Å²) in [6.07, 6.45) is 0.465. The molecule has 2 aromatic carbocycles. The second-order valence-electron chi connectivity index (χ2n) is 6.76. The van der Waals surface area contributed by atoms with Crippen LogP contribution in [-0.2, 0) is 21.2 Å². The summed E-state index contributed by atoms with van der Waals surface area (Å²) in [7, 11) is -3.09. The fourth-order valence-corrected chi connectivity index (χ4v) is 5.39. The highest BCUT2D eigenvalue weighted by Gasteiger charge is 2.34. The smallest absolute Gasteiger partial charge is 0.261 e. The Bertz CT molecular complexity index is 929. The van der Waals surface area contributed by atoms with E-state index in [4.69, 9.17) is 4.74 Å². The molecule has 7 heteroatoms. The highest BCUT2D eigenvalue weighted by molar-refractivity contribution is 9.10. The van der Waals surface area contributed by atoms with Crippen LogP contribution in [0.3, 0.4) is 0 Å². The van der Waals surface area contributed by atoms with Gasteiger partial charge in [-0.25, -0.2) is 8.42 Å². The minimum absolute atomic E-state index is 0.0110. The second kappa shape index (κ2) is 8.44. The van der Waals surface area contributed by atoms with E-state index in [1.807, 2.05) is 55.5 Å². The largest absolute Gasteiger partial charge is 0.484 e. The van der Waals surface area contributed by atoms with Gasteiger partial charge in [-0.1, -0.05) is 46.3 Å². The van der Waals surface area contributed by atoms with Crippen LogP contribution in [0.5, 0.6) is 5.75 Å². The number of aryl methyl sites for hydroxylation is 1. The number of carbonyl (C=O) groups excluding carboxylic acids is 1. The fraction of sp³-hybridized carbons (Fsp3) is 0.350. The monoisotopic (exact) mass is 451 g/mol. The third kappa shape index (κ3) is 5.32. The standard InChI is InChI=1S/C20H22BrNO4S/c1-15-5-2-3-8-19(15)26-13-20(23)22(18-9-10-27(24,25)14-18)12-16-6-4-7-17(21)11-16/h2-8,11,18H,9-10,12-14H2,1H3/t18-/m1/s1. The second-order valence-corrected chi connectivity index (χ2v) is 9.91. The van der Waals surface area contributed by atoms with Gasteiger partial charge in [-0.05, 0) is 42.7 Å². The van der Waals surface area contributed by atoms with Gasteiger partial charge in [-0.15, -0.1) is 0 Å². The van der Waals surface area contributed by atoms with Crippen molar-refractivity contribution in [3.63, 3.8) is 0 Å². The van der Waals surface area contributed by atoms with Crippen molar-refractivity contribution in [1.29, 1.82) is 0 Å². The number of hydrogen-bond acceptors (Lipinski definition) is 4. The lowest BCUT2D eigenvalue weighted by Gasteiger charge is -2.28. The number of sulfone groups is 1. The van der Waals surface area contributed by atoms with Crippen molar-refractivity contribution in [2.24, 2.45) is 0 Å². The Morgan fingerprint density at radius 1 is 1.22 bits per heavy atom. The maximum Gasteiger partial charge on any atom is 0.261 e. The summed E-state index contributed by atoms with van der Waals surface area (Å²) < 4.78 is 30.5. The normalized spacial score (nSPS) is 18.2. The molecule has 2 aromatic rings. The molecule has 0 radical (unpaired) electrons. The molecule has 1 atom stereocenters. The van der Waals surface area contributed by atoms with Crippen molar-refractivity contribution in [3.8, 4) is 5.75 Å². The van der Waals surface area contributed by atoms with E-state index < -0.39 is 9.84 Å². The molecule has 0 bridgehead atoms. The zero-order valence-corrected chi connectivity index (χ0v) is 17.5. The molecular weight excluding hydrogens is 430 g/mol. The van der Waals surface area contributed by atoms with Crippen LogP contribution in [0.2, 0.25) is 0 Å². The summed E-state index contributed by atoms with van der Waals surface area (Å²) >= 11 is 3.44. The summed E-state index contributed by atoms with van der Waals surface area (Å²) in [6, 6.07) is 14.9. The molecular formula is C20H22BrNO4S. The molecule has 0 N–H and O–H groups in total. The van der Waals surface area contributed by atoms with Crippen molar-refractivity contribution in [1.82, 2.24) is 4.90 Å². The Morgan fingerprint density at radius 2 is 2.00 bits per heavy atom. The first-order valence-corrected chi connectivity index (χ1v) is 11.4. The molecule has 0 aliphatic carbocycles. The van der Waals surface area contributed by atoms with Crippen LogP contribution in [0, 0.1) is 6.92 Å². The molecule has 27 heavy (non-hydrogen) atoms. The first-order valence-electron chi connectivity index (χ1n) is 8.77. The van der Waals surface area contributed by atoms with E-state index in [1.54, 1.807) is 4.90 Å². The summed E-state index contributed by atoms with van der Waals surface area (Å²) in [5.41, 5.74) is 1.89. The zero-order valence-electron chi connectivity index (χ0n) is 15.1. The molecule has 5 nitrogen and oxygen atoms in total. The van der Waals surface area contributed by atoms with Crippen LogP contribution in [0.25, 0.3) is 0 Å². The molecule has 1 heterocycles. The average molecular weight is 452 g/mol. The summed E-state index contributed by atoms with van der Waals surface area (Å²) in [6.45, 7) is 2.16. The Kier molecular flexibility index (Phi) is 6.22. The van der Waals surface area contributed by atoms with Gasteiger partial charge in [0.15, 0.2) is 16.4 Å². The minimum Gasteiger partial charge on any atom is -0.484 e. The molecule has 1 aliphatic rings. The van der Waals surface area contributed by atoms with Gasteiger partial charge in [-0.3, -0.25) is 4.79 Å². The van der Waals surface area contributed by atoms with E-state index in [1.165, 1.54) is 0 Å². The lowest BCUT2D eigenvalue weighted by Crippen LogP contribution is -2.43.